The van der Waals surface area contributed by atoms with E-state index in [1.807, 2.05) is 26.0 Å². The van der Waals surface area contributed by atoms with E-state index in [0.717, 1.165) is 12.1 Å². The molecule has 0 heterocycles. The van der Waals surface area contributed by atoms with Gasteiger partial charge in [-0.05, 0) is 43.7 Å². The summed E-state index contributed by atoms with van der Waals surface area (Å²) in [5.41, 5.74) is 0.999. The van der Waals surface area contributed by atoms with Gasteiger partial charge in [0.2, 0.25) is 0 Å². The first-order valence-corrected chi connectivity index (χ1v) is 8.29. The highest BCUT2D eigenvalue weighted by Gasteiger charge is 2.06. The van der Waals surface area contributed by atoms with Crippen LogP contribution in [0, 0.1) is 5.82 Å². The fourth-order valence-electron chi connectivity index (χ4n) is 2.17. The molecule has 0 radical (unpaired) electrons. The number of hydrogen-bond acceptors (Lipinski definition) is 3. The normalized spacial score (nSPS) is 12.0. The second kappa shape index (κ2) is 11.6. The first kappa shape index (κ1) is 22.0. The number of nitrogens with zero attached hydrogens (tertiary/aromatic N) is 1. The van der Waals surface area contributed by atoms with E-state index in [-0.39, 0.29) is 41.6 Å². The molecule has 5 nitrogen and oxygen atoms in total. The molecule has 0 aliphatic carbocycles. The molecule has 0 aromatic heterocycles. The fraction of sp³-hybridized carbons (Fsp3) is 0.316. The number of nitrogens with one attached hydrogen (secondary N) is 2. The average molecular weight is 473 g/mol. The van der Waals surface area contributed by atoms with Crippen molar-refractivity contribution >= 4 is 29.9 Å². The monoisotopic (exact) mass is 473 g/mol. The smallest absolute Gasteiger partial charge is 0.191 e. The molecule has 26 heavy (non-hydrogen) atoms. The van der Waals surface area contributed by atoms with Crippen LogP contribution in [0.3, 0.4) is 0 Å². The number of aliphatic imine (C=N–C) groups is 1. The number of guanidine groups is 1. The van der Waals surface area contributed by atoms with Crippen molar-refractivity contribution in [1.29, 1.82) is 0 Å². The van der Waals surface area contributed by atoms with E-state index in [4.69, 9.17) is 4.74 Å². The highest BCUT2D eigenvalue weighted by atomic mass is 127. The Morgan fingerprint density at radius 3 is 2.58 bits per heavy atom. The molecule has 2 aromatic carbocycles. The summed E-state index contributed by atoms with van der Waals surface area (Å²) < 4.78 is 18.9. The Balaban J connectivity index is 0.00000338. The van der Waals surface area contributed by atoms with Crippen LogP contribution in [-0.2, 0) is 6.54 Å². The number of ether oxygens (including phenoxy) is 1. The van der Waals surface area contributed by atoms with Gasteiger partial charge in [-0.25, -0.2) is 9.38 Å². The number of hydrogen-bond donors (Lipinski definition) is 3. The molecule has 0 aliphatic rings. The molecular weight excluding hydrogens is 448 g/mol. The summed E-state index contributed by atoms with van der Waals surface area (Å²) in [7, 11) is 0. The molecule has 0 fully saturated rings. The third-order valence-electron chi connectivity index (χ3n) is 3.39. The van der Waals surface area contributed by atoms with Crippen LogP contribution in [0.5, 0.6) is 11.5 Å². The average Bonchev–Trinajstić information content (AvgIpc) is 2.59. The molecule has 0 amide bonds. The Morgan fingerprint density at radius 1 is 1.19 bits per heavy atom. The lowest BCUT2D eigenvalue weighted by atomic mass is 10.2. The molecule has 1 atom stereocenters. The zero-order chi connectivity index (χ0) is 18.1. The van der Waals surface area contributed by atoms with E-state index >= 15 is 0 Å². The molecule has 3 N–H and O–H groups in total. The molecule has 0 saturated heterocycles. The summed E-state index contributed by atoms with van der Waals surface area (Å²) >= 11 is 0. The zero-order valence-corrected chi connectivity index (χ0v) is 17.2. The first-order valence-electron chi connectivity index (χ1n) is 8.29. The van der Waals surface area contributed by atoms with Gasteiger partial charge >= 0.3 is 0 Å². The van der Waals surface area contributed by atoms with Crippen LogP contribution in [0.4, 0.5) is 4.39 Å². The number of aromatic hydroxyl groups is 1. The van der Waals surface area contributed by atoms with E-state index in [9.17, 15) is 9.50 Å². The minimum Gasteiger partial charge on any atom is -0.508 e. The topological polar surface area (TPSA) is 65.9 Å². The number of rotatable bonds is 7. The third kappa shape index (κ3) is 7.90. The summed E-state index contributed by atoms with van der Waals surface area (Å²) in [5, 5.41) is 15.7. The quantitative estimate of drug-likeness (QED) is 0.326. The SMILES string of the molecule is CCNC(=NCc1ccc(O)cc1)NCC(C)Oc1cccc(F)c1.I. The van der Waals surface area contributed by atoms with Gasteiger partial charge in [0, 0.05) is 12.6 Å². The predicted octanol–water partition coefficient (Wildman–Crippen LogP) is 3.67. The second-order valence-electron chi connectivity index (χ2n) is 5.63. The van der Waals surface area contributed by atoms with Crippen LogP contribution in [0.2, 0.25) is 0 Å². The number of benzene rings is 2. The lowest BCUT2D eigenvalue weighted by Crippen LogP contribution is -2.41. The van der Waals surface area contributed by atoms with Gasteiger partial charge < -0.3 is 20.5 Å². The minimum absolute atomic E-state index is 0. The Morgan fingerprint density at radius 2 is 1.92 bits per heavy atom. The van der Waals surface area contributed by atoms with Crippen molar-refractivity contribution in [1.82, 2.24) is 10.6 Å². The zero-order valence-electron chi connectivity index (χ0n) is 14.9. The van der Waals surface area contributed by atoms with Crippen molar-refractivity contribution in [2.45, 2.75) is 26.5 Å². The molecule has 0 spiro atoms. The van der Waals surface area contributed by atoms with Gasteiger partial charge in [-0.2, -0.15) is 0 Å². The lowest BCUT2D eigenvalue weighted by Gasteiger charge is -2.17. The van der Waals surface area contributed by atoms with Crippen LogP contribution in [-0.4, -0.2) is 30.3 Å². The molecule has 0 bridgehead atoms. The molecule has 0 aliphatic heterocycles. The maximum Gasteiger partial charge on any atom is 0.191 e. The van der Waals surface area contributed by atoms with E-state index in [0.29, 0.717) is 24.8 Å². The summed E-state index contributed by atoms with van der Waals surface area (Å²) in [6.45, 7) is 5.65. The molecular formula is C19H25FIN3O2. The van der Waals surface area contributed by atoms with E-state index < -0.39 is 0 Å². The van der Waals surface area contributed by atoms with E-state index in [1.54, 1.807) is 24.3 Å². The van der Waals surface area contributed by atoms with Crippen molar-refractivity contribution in [2.75, 3.05) is 13.1 Å². The van der Waals surface area contributed by atoms with E-state index in [1.165, 1.54) is 12.1 Å². The van der Waals surface area contributed by atoms with Crippen LogP contribution in [0.15, 0.2) is 53.5 Å². The Bertz CT molecular complexity index is 695. The molecule has 0 saturated carbocycles. The Kier molecular flexibility index (Phi) is 9.79. The van der Waals surface area contributed by atoms with Gasteiger partial charge in [0.15, 0.2) is 5.96 Å². The molecule has 7 heteroatoms. The van der Waals surface area contributed by atoms with Crippen molar-refractivity contribution in [3.63, 3.8) is 0 Å². The Labute approximate surface area is 170 Å². The molecule has 142 valence electrons. The summed E-state index contributed by atoms with van der Waals surface area (Å²) in [6, 6.07) is 13.0. The third-order valence-corrected chi connectivity index (χ3v) is 3.39. The summed E-state index contributed by atoms with van der Waals surface area (Å²) in [4.78, 5) is 4.50. The highest BCUT2D eigenvalue weighted by molar-refractivity contribution is 14.0. The van der Waals surface area contributed by atoms with Gasteiger partial charge in [-0.3, -0.25) is 0 Å². The van der Waals surface area contributed by atoms with Crippen LogP contribution in [0.25, 0.3) is 0 Å². The van der Waals surface area contributed by atoms with Crippen LogP contribution in [0.1, 0.15) is 19.4 Å². The highest BCUT2D eigenvalue weighted by Crippen LogP contribution is 2.13. The van der Waals surface area contributed by atoms with Crippen molar-refractivity contribution < 1.29 is 14.2 Å². The van der Waals surface area contributed by atoms with Gasteiger partial charge in [-0.15, -0.1) is 24.0 Å². The number of halogens is 2. The lowest BCUT2D eigenvalue weighted by molar-refractivity contribution is 0.223. The largest absolute Gasteiger partial charge is 0.508 e. The fourth-order valence-corrected chi connectivity index (χ4v) is 2.17. The van der Waals surface area contributed by atoms with Crippen molar-refractivity contribution in [2.24, 2.45) is 4.99 Å². The van der Waals surface area contributed by atoms with Gasteiger partial charge in [0.05, 0.1) is 13.1 Å². The summed E-state index contributed by atoms with van der Waals surface area (Å²) in [6.07, 6.45) is -0.153. The minimum atomic E-state index is -0.318. The number of phenols is 1. The first-order chi connectivity index (χ1) is 12.1. The Hall–Kier alpha value is -2.03. The van der Waals surface area contributed by atoms with Crippen molar-refractivity contribution in [3.05, 3.63) is 59.9 Å². The predicted molar refractivity (Wildman–Crippen MR) is 113 cm³/mol. The van der Waals surface area contributed by atoms with E-state index in [2.05, 4.69) is 15.6 Å². The van der Waals surface area contributed by atoms with Gasteiger partial charge in [0.25, 0.3) is 0 Å². The number of phenolic OH excluding ortho intramolecular Hbond substituents is 1. The molecule has 2 rings (SSSR count). The second-order valence-corrected chi connectivity index (χ2v) is 5.63. The standard InChI is InChI=1S/C19H24FN3O2.HI/c1-3-21-19(23-13-15-7-9-17(24)10-8-15)22-12-14(2)25-18-6-4-5-16(20)11-18;/h4-11,14,24H,3,12-13H2,1-2H3,(H2,21,22,23);1H. The van der Waals surface area contributed by atoms with Gasteiger partial charge in [-0.1, -0.05) is 18.2 Å². The van der Waals surface area contributed by atoms with Crippen LogP contribution >= 0.6 is 24.0 Å². The van der Waals surface area contributed by atoms with Crippen molar-refractivity contribution in [3.8, 4) is 11.5 Å². The maximum absolute atomic E-state index is 13.2. The maximum atomic E-state index is 13.2. The molecule has 2 aromatic rings. The van der Waals surface area contributed by atoms with Gasteiger partial charge in [0.1, 0.15) is 23.4 Å². The summed E-state index contributed by atoms with van der Waals surface area (Å²) in [5.74, 6) is 1.09. The molecule has 1 unspecified atom stereocenters. The van der Waals surface area contributed by atoms with Crippen LogP contribution < -0.4 is 15.4 Å².